The van der Waals surface area contributed by atoms with Crippen LogP contribution in [0.4, 0.5) is 10.5 Å². The predicted molar refractivity (Wildman–Crippen MR) is 135 cm³/mol. The highest BCUT2D eigenvalue weighted by molar-refractivity contribution is 9.10. The van der Waals surface area contributed by atoms with Gasteiger partial charge in [0.05, 0.1) is 10.7 Å². The van der Waals surface area contributed by atoms with Crippen LogP contribution < -0.4 is 15.0 Å². The van der Waals surface area contributed by atoms with E-state index in [2.05, 4.69) is 27.3 Å². The zero-order valence-electron chi connectivity index (χ0n) is 18.4. The zero-order valence-corrected chi connectivity index (χ0v) is 20.7. The first kappa shape index (κ1) is 23.7. The summed E-state index contributed by atoms with van der Waals surface area (Å²) in [5.41, 5.74) is 4.02. The van der Waals surface area contributed by atoms with E-state index >= 15 is 0 Å². The second-order valence-corrected chi connectivity index (χ2v) is 9.23. The topological polar surface area (TPSA) is 75.7 Å². The number of aryl methyl sites for hydroxylation is 2. The maximum absolute atomic E-state index is 13.0. The molecule has 1 fully saturated rings. The summed E-state index contributed by atoms with van der Waals surface area (Å²) in [6, 6.07) is 17.0. The van der Waals surface area contributed by atoms with E-state index < -0.39 is 17.8 Å². The quantitative estimate of drug-likeness (QED) is 0.320. The number of carbonyl (C=O) groups is 3. The number of amides is 4. The lowest BCUT2D eigenvalue weighted by Gasteiger charge is -2.26. The van der Waals surface area contributed by atoms with E-state index in [-0.39, 0.29) is 5.57 Å². The number of carbonyl (C=O) groups excluding carboxylic acids is 3. The summed E-state index contributed by atoms with van der Waals surface area (Å²) in [5, 5.41) is 2.54. The van der Waals surface area contributed by atoms with Gasteiger partial charge in [0, 0.05) is 4.47 Å². The van der Waals surface area contributed by atoms with Crippen LogP contribution in [-0.2, 0) is 16.2 Å². The Bertz CT molecular complexity index is 1310. The number of ether oxygens (including phenoxy) is 1. The zero-order chi connectivity index (χ0) is 24.4. The Balaban J connectivity index is 1.55. The van der Waals surface area contributed by atoms with Crippen molar-refractivity contribution in [3.05, 3.63) is 98.0 Å². The van der Waals surface area contributed by atoms with E-state index in [9.17, 15) is 14.4 Å². The monoisotopic (exact) mass is 538 g/mol. The number of hydrogen-bond acceptors (Lipinski definition) is 4. The van der Waals surface area contributed by atoms with Crippen LogP contribution in [0, 0.1) is 13.8 Å². The molecule has 172 valence electrons. The maximum Gasteiger partial charge on any atom is 0.335 e. The smallest absolute Gasteiger partial charge is 0.335 e. The minimum atomic E-state index is -0.803. The molecule has 1 heterocycles. The van der Waals surface area contributed by atoms with Crippen LogP contribution in [0.15, 0.2) is 70.7 Å². The number of hydrogen-bond donors (Lipinski definition) is 1. The van der Waals surface area contributed by atoms with E-state index in [1.165, 1.54) is 6.08 Å². The molecule has 1 N–H and O–H groups in total. The van der Waals surface area contributed by atoms with Gasteiger partial charge in [-0.2, -0.15) is 0 Å². The lowest BCUT2D eigenvalue weighted by molar-refractivity contribution is -0.122. The van der Waals surface area contributed by atoms with E-state index in [1.54, 1.807) is 42.5 Å². The number of barbiturate groups is 1. The van der Waals surface area contributed by atoms with Gasteiger partial charge in [-0.05, 0) is 67.4 Å². The van der Waals surface area contributed by atoms with Gasteiger partial charge in [0.2, 0.25) is 0 Å². The molecule has 0 saturated carbocycles. The molecule has 3 aromatic rings. The number of imide groups is 2. The molecule has 3 aromatic carbocycles. The van der Waals surface area contributed by atoms with Crippen LogP contribution in [-0.4, -0.2) is 17.8 Å². The summed E-state index contributed by atoms with van der Waals surface area (Å²) in [4.78, 5) is 38.7. The first-order valence-electron chi connectivity index (χ1n) is 10.4. The number of rotatable bonds is 5. The van der Waals surface area contributed by atoms with E-state index in [0.717, 1.165) is 26.1 Å². The third-order valence-corrected chi connectivity index (χ3v) is 5.95. The van der Waals surface area contributed by atoms with Gasteiger partial charge in [-0.25, -0.2) is 9.69 Å². The van der Waals surface area contributed by atoms with Crippen LogP contribution in [0.5, 0.6) is 5.75 Å². The second kappa shape index (κ2) is 9.83. The fourth-order valence-corrected chi connectivity index (χ4v) is 4.19. The summed E-state index contributed by atoms with van der Waals surface area (Å²) in [6.45, 7) is 4.41. The van der Waals surface area contributed by atoms with Gasteiger partial charge >= 0.3 is 6.03 Å². The molecule has 4 amide bonds. The van der Waals surface area contributed by atoms with Crippen LogP contribution in [0.3, 0.4) is 0 Å². The molecular formula is C26H20BrClN2O4. The molecule has 0 unspecified atom stereocenters. The number of halogens is 2. The van der Waals surface area contributed by atoms with Gasteiger partial charge < -0.3 is 4.74 Å². The minimum Gasteiger partial charge on any atom is -0.487 e. The summed E-state index contributed by atoms with van der Waals surface area (Å²) >= 11 is 9.72. The molecule has 8 heteroatoms. The second-order valence-electron chi connectivity index (χ2n) is 7.91. The van der Waals surface area contributed by atoms with Gasteiger partial charge in [0.25, 0.3) is 11.8 Å². The maximum atomic E-state index is 13.0. The lowest BCUT2D eigenvalue weighted by atomic mass is 10.1. The van der Waals surface area contributed by atoms with Crippen LogP contribution in [0.2, 0.25) is 5.02 Å². The van der Waals surface area contributed by atoms with E-state index in [1.807, 2.05) is 26.0 Å². The van der Waals surface area contributed by atoms with Crippen molar-refractivity contribution < 1.29 is 19.1 Å². The average Bonchev–Trinajstić information content (AvgIpc) is 2.76. The molecule has 0 aromatic heterocycles. The number of urea groups is 1. The SMILES string of the molecule is Cc1cc(C)cc(COc2ccc(/C=C3\C(=O)NC(=O)N(c4ccc(Br)cc4)C3=O)cc2Cl)c1. The van der Waals surface area contributed by atoms with Gasteiger partial charge in [-0.1, -0.05) is 62.9 Å². The van der Waals surface area contributed by atoms with Gasteiger partial charge in [-0.15, -0.1) is 0 Å². The Hall–Kier alpha value is -3.42. The summed E-state index contributed by atoms with van der Waals surface area (Å²) in [7, 11) is 0. The molecule has 34 heavy (non-hydrogen) atoms. The van der Waals surface area contributed by atoms with Gasteiger partial charge in [0.1, 0.15) is 17.9 Å². The van der Waals surface area contributed by atoms with Gasteiger partial charge in [-0.3, -0.25) is 14.9 Å². The Labute approximate surface area is 210 Å². The molecule has 0 spiro atoms. The molecular weight excluding hydrogens is 520 g/mol. The lowest BCUT2D eigenvalue weighted by Crippen LogP contribution is -2.54. The highest BCUT2D eigenvalue weighted by atomic mass is 79.9. The van der Waals surface area contributed by atoms with Crippen molar-refractivity contribution in [3.8, 4) is 5.75 Å². The molecule has 4 rings (SSSR count). The van der Waals surface area contributed by atoms with Crippen LogP contribution in [0.25, 0.3) is 6.08 Å². The number of anilines is 1. The molecule has 6 nitrogen and oxygen atoms in total. The standard InChI is InChI=1S/C26H20BrClN2O4/c1-15-9-16(2)11-18(10-15)14-34-23-8-3-17(13-22(23)28)12-21-24(31)29-26(33)30(25(21)32)20-6-4-19(27)5-7-20/h3-13H,14H2,1-2H3,(H,29,31,33)/b21-12+. The average molecular weight is 540 g/mol. The first-order valence-corrected chi connectivity index (χ1v) is 11.5. The fourth-order valence-electron chi connectivity index (χ4n) is 3.69. The predicted octanol–water partition coefficient (Wildman–Crippen LogP) is 5.96. The highest BCUT2D eigenvalue weighted by Crippen LogP contribution is 2.29. The molecule has 0 atom stereocenters. The van der Waals surface area contributed by atoms with Crippen molar-refractivity contribution in [2.45, 2.75) is 20.5 Å². The number of benzene rings is 3. The molecule has 1 aliphatic rings. The Kier molecular flexibility index (Phi) is 6.86. The first-order chi connectivity index (χ1) is 16.2. The van der Waals surface area contributed by atoms with Crippen molar-refractivity contribution >= 4 is 57.1 Å². The number of nitrogens with zero attached hydrogens (tertiary/aromatic N) is 1. The third kappa shape index (κ3) is 5.21. The van der Waals surface area contributed by atoms with Crippen molar-refractivity contribution in [2.75, 3.05) is 4.90 Å². The summed E-state index contributed by atoms with van der Waals surface area (Å²) in [6.07, 6.45) is 1.40. The van der Waals surface area contributed by atoms with Crippen molar-refractivity contribution in [1.82, 2.24) is 5.32 Å². The van der Waals surface area contributed by atoms with Crippen LogP contribution in [0.1, 0.15) is 22.3 Å². The molecule has 1 saturated heterocycles. The fraction of sp³-hybridized carbons (Fsp3) is 0.115. The molecule has 0 bridgehead atoms. The Morgan fingerprint density at radius 2 is 1.65 bits per heavy atom. The third-order valence-electron chi connectivity index (χ3n) is 5.13. The largest absolute Gasteiger partial charge is 0.487 e. The normalized spacial score (nSPS) is 15.0. The molecule has 0 radical (unpaired) electrons. The van der Waals surface area contributed by atoms with E-state index in [4.69, 9.17) is 16.3 Å². The molecule has 0 aliphatic carbocycles. The molecule has 1 aliphatic heterocycles. The minimum absolute atomic E-state index is 0.178. The Morgan fingerprint density at radius 1 is 0.971 bits per heavy atom. The van der Waals surface area contributed by atoms with Crippen LogP contribution >= 0.6 is 27.5 Å². The van der Waals surface area contributed by atoms with Crippen molar-refractivity contribution in [2.24, 2.45) is 0 Å². The van der Waals surface area contributed by atoms with Crippen molar-refractivity contribution in [3.63, 3.8) is 0 Å². The highest BCUT2D eigenvalue weighted by Gasteiger charge is 2.36. The van der Waals surface area contributed by atoms with Crippen molar-refractivity contribution in [1.29, 1.82) is 0 Å². The number of nitrogens with one attached hydrogen (secondary N) is 1. The summed E-state index contributed by atoms with van der Waals surface area (Å²) in [5.74, 6) is -1.01. The van der Waals surface area contributed by atoms with Gasteiger partial charge in [0.15, 0.2) is 0 Å². The van der Waals surface area contributed by atoms with E-state index in [0.29, 0.717) is 28.6 Å². The Morgan fingerprint density at radius 3 is 2.29 bits per heavy atom. The summed E-state index contributed by atoms with van der Waals surface area (Å²) < 4.78 is 6.66.